The van der Waals surface area contributed by atoms with E-state index in [1.165, 1.54) is 0 Å². The van der Waals surface area contributed by atoms with Crippen LogP contribution in [0.25, 0.3) is 0 Å². The molecule has 86 valence electrons. The van der Waals surface area contributed by atoms with Crippen LogP contribution in [-0.4, -0.2) is 46.8 Å². The van der Waals surface area contributed by atoms with E-state index < -0.39 is 11.7 Å². The van der Waals surface area contributed by atoms with Crippen LogP contribution < -0.4 is 0 Å². The quantitative estimate of drug-likeness (QED) is 0.499. The number of aliphatic hydroxyl groups is 3. The van der Waals surface area contributed by atoms with E-state index in [0.717, 1.165) is 6.42 Å². The van der Waals surface area contributed by atoms with Gasteiger partial charge in [0.1, 0.15) is 0 Å². The van der Waals surface area contributed by atoms with E-state index in [1.54, 1.807) is 6.92 Å². The maximum absolute atomic E-state index is 9.44. The number of aliphatic hydroxyl groups excluding tert-OH is 2. The van der Waals surface area contributed by atoms with E-state index in [4.69, 9.17) is 9.84 Å². The topological polar surface area (TPSA) is 69.9 Å². The summed E-state index contributed by atoms with van der Waals surface area (Å²) in [6.07, 6.45) is 1.19. The second-order valence-electron chi connectivity index (χ2n) is 3.92. The first-order chi connectivity index (χ1) is 6.52. The molecule has 0 aromatic rings. The minimum atomic E-state index is -1.09. The van der Waals surface area contributed by atoms with E-state index in [0.29, 0.717) is 26.1 Å². The molecule has 0 saturated heterocycles. The molecular formula is C10H22O4. The van der Waals surface area contributed by atoms with Crippen molar-refractivity contribution in [1.29, 1.82) is 0 Å². The zero-order valence-electron chi connectivity index (χ0n) is 9.07. The Labute approximate surface area is 85.5 Å². The Morgan fingerprint density at radius 2 is 2.07 bits per heavy atom. The predicted octanol–water partition coefficient (Wildman–Crippen LogP) is 0.297. The third kappa shape index (κ3) is 7.26. The molecule has 0 rings (SSSR count). The molecule has 14 heavy (non-hydrogen) atoms. The predicted molar refractivity (Wildman–Crippen MR) is 54.1 cm³/mol. The Hall–Kier alpha value is -0.160. The Kier molecular flexibility index (Phi) is 7.09. The molecule has 0 aliphatic heterocycles. The molecule has 0 heterocycles. The van der Waals surface area contributed by atoms with Crippen LogP contribution in [0.1, 0.15) is 33.1 Å². The van der Waals surface area contributed by atoms with E-state index in [2.05, 4.69) is 0 Å². The summed E-state index contributed by atoms with van der Waals surface area (Å²) in [5.74, 6) is 0. The van der Waals surface area contributed by atoms with Gasteiger partial charge in [0.2, 0.25) is 0 Å². The standard InChI is InChI=1S/C10H22O4/c1-3-6-14-7-9(12)4-5-10(2,13)8-11/h9,11-13H,3-8H2,1-2H3. The highest BCUT2D eigenvalue weighted by atomic mass is 16.5. The van der Waals surface area contributed by atoms with Crippen molar-refractivity contribution in [3.8, 4) is 0 Å². The maximum atomic E-state index is 9.44. The monoisotopic (exact) mass is 206 g/mol. The van der Waals surface area contributed by atoms with Crippen molar-refractivity contribution < 1.29 is 20.1 Å². The van der Waals surface area contributed by atoms with Crippen LogP contribution in [0.2, 0.25) is 0 Å². The van der Waals surface area contributed by atoms with E-state index in [-0.39, 0.29) is 6.61 Å². The minimum absolute atomic E-state index is 0.282. The lowest BCUT2D eigenvalue weighted by Gasteiger charge is -2.21. The Morgan fingerprint density at radius 3 is 2.57 bits per heavy atom. The lowest BCUT2D eigenvalue weighted by molar-refractivity contribution is -0.0266. The van der Waals surface area contributed by atoms with Crippen molar-refractivity contribution >= 4 is 0 Å². The first kappa shape index (κ1) is 13.8. The largest absolute Gasteiger partial charge is 0.393 e. The fourth-order valence-electron chi connectivity index (χ4n) is 1.00. The third-order valence-corrected chi connectivity index (χ3v) is 2.02. The lowest BCUT2D eigenvalue weighted by Crippen LogP contribution is -2.31. The molecule has 4 heteroatoms. The van der Waals surface area contributed by atoms with Crippen LogP contribution in [0.5, 0.6) is 0 Å². The molecule has 0 bridgehead atoms. The molecule has 0 saturated carbocycles. The number of rotatable bonds is 8. The van der Waals surface area contributed by atoms with Crippen molar-refractivity contribution in [3.05, 3.63) is 0 Å². The van der Waals surface area contributed by atoms with E-state index >= 15 is 0 Å². The van der Waals surface area contributed by atoms with Crippen LogP contribution in [0.3, 0.4) is 0 Å². The summed E-state index contributed by atoms with van der Waals surface area (Å²) < 4.78 is 5.15. The highest BCUT2D eigenvalue weighted by molar-refractivity contribution is 4.72. The molecule has 0 spiro atoms. The average Bonchev–Trinajstić information content (AvgIpc) is 2.16. The fraction of sp³-hybridized carbons (Fsp3) is 1.00. The highest BCUT2D eigenvalue weighted by Gasteiger charge is 2.20. The number of ether oxygens (including phenoxy) is 1. The summed E-state index contributed by atoms with van der Waals surface area (Å²) in [6, 6.07) is 0. The highest BCUT2D eigenvalue weighted by Crippen LogP contribution is 2.12. The van der Waals surface area contributed by atoms with Gasteiger partial charge in [0.15, 0.2) is 0 Å². The van der Waals surface area contributed by atoms with Gasteiger partial charge < -0.3 is 20.1 Å². The van der Waals surface area contributed by atoms with Crippen LogP contribution in [0, 0.1) is 0 Å². The van der Waals surface area contributed by atoms with Crippen molar-refractivity contribution in [3.63, 3.8) is 0 Å². The van der Waals surface area contributed by atoms with Gasteiger partial charge in [0, 0.05) is 6.61 Å². The molecule has 0 aliphatic rings. The van der Waals surface area contributed by atoms with Crippen LogP contribution in [0.15, 0.2) is 0 Å². The molecule has 4 nitrogen and oxygen atoms in total. The zero-order chi connectivity index (χ0) is 11.0. The average molecular weight is 206 g/mol. The van der Waals surface area contributed by atoms with Gasteiger partial charge in [-0.15, -0.1) is 0 Å². The molecule has 0 radical (unpaired) electrons. The molecule has 2 unspecified atom stereocenters. The van der Waals surface area contributed by atoms with Crippen molar-refractivity contribution in [2.75, 3.05) is 19.8 Å². The summed E-state index contributed by atoms with van der Waals surface area (Å²) in [5, 5.41) is 27.6. The maximum Gasteiger partial charge on any atom is 0.0850 e. The molecule has 0 aromatic carbocycles. The van der Waals surface area contributed by atoms with Gasteiger partial charge in [0.25, 0.3) is 0 Å². The summed E-state index contributed by atoms with van der Waals surface area (Å²) in [4.78, 5) is 0. The lowest BCUT2D eigenvalue weighted by atomic mass is 9.99. The van der Waals surface area contributed by atoms with Crippen molar-refractivity contribution in [2.45, 2.75) is 44.8 Å². The summed E-state index contributed by atoms with van der Waals surface area (Å²) in [6.45, 7) is 4.22. The Morgan fingerprint density at radius 1 is 1.43 bits per heavy atom. The van der Waals surface area contributed by atoms with Crippen LogP contribution in [-0.2, 0) is 4.74 Å². The van der Waals surface area contributed by atoms with Gasteiger partial charge in [-0.25, -0.2) is 0 Å². The molecule has 0 fully saturated rings. The van der Waals surface area contributed by atoms with Gasteiger partial charge in [0.05, 0.1) is 24.9 Å². The minimum Gasteiger partial charge on any atom is -0.393 e. The first-order valence-electron chi connectivity index (χ1n) is 5.11. The first-order valence-corrected chi connectivity index (χ1v) is 5.11. The van der Waals surface area contributed by atoms with Crippen molar-refractivity contribution in [2.24, 2.45) is 0 Å². The van der Waals surface area contributed by atoms with Gasteiger partial charge in [-0.1, -0.05) is 6.92 Å². The van der Waals surface area contributed by atoms with E-state index in [9.17, 15) is 10.2 Å². The molecular weight excluding hydrogens is 184 g/mol. The van der Waals surface area contributed by atoms with Gasteiger partial charge >= 0.3 is 0 Å². The second-order valence-corrected chi connectivity index (χ2v) is 3.92. The summed E-state index contributed by atoms with van der Waals surface area (Å²) in [5.41, 5.74) is -1.09. The molecule has 2 atom stereocenters. The SMILES string of the molecule is CCCOCC(O)CCC(C)(O)CO. The van der Waals surface area contributed by atoms with Gasteiger partial charge in [-0.2, -0.15) is 0 Å². The van der Waals surface area contributed by atoms with Crippen LogP contribution >= 0.6 is 0 Å². The van der Waals surface area contributed by atoms with E-state index in [1.807, 2.05) is 6.92 Å². The third-order valence-electron chi connectivity index (χ3n) is 2.02. The van der Waals surface area contributed by atoms with Gasteiger partial charge in [-0.3, -0.25) is 0 Å². The summed E-state index contributed by atoms with van der Waals surface area (Å²) in [7, 11) is 0. The summed E-state index contributed by atoms with van der Waals surface area (Å²) >= 11 is 0. The zero-order valence-corrected chi connectivity index (χ0v) is 9.07. The number of hydrogen-bond acceptors (Lipinski definition) is 4. The number of hydrogen-bond donors (Lipinski definition) is 3. The van der Waals surface area contributed by atoms with Crippen molar-refractivity contribution in [1.82, 2.24) is 0 Å². The smallest absolute Gasteiger partial charge is 0.0850 e. The Bertz CT molecular complexity index is 136. The molecule has 0 aliphatic carbocycles. The second kappa shape index (κ2) is 7.17. The normalized spacial score (nSPS) is 17.8. The molecule has 3 N–H and O–H groups in total. The Balaban J connectivity index is 3.48. The van der Waals surface area contributed by atoms with Crippen LogP contribution in [0.4, 0.5) is 0 Å². The fourth-order valence-corrected chi connectivity index (χ4v) is 1.00. The molecule has 0 amide bonds. The molecule has 0 aromatic heterocycles. The van der Waals surface area contributed by atoms with Gasteiger partial charge in [-0.05, 0) is 26.2 Å².